The Morgan fingerprint density at radius 1 is 1.32 bits per heavy atom. The normalized spacial score (nSPS) is 26.9. The molecule has 2 nitrogen and oxygen atoms in total. The highest BCUT2D eigenvalue weighted by Gasteiger charge is 2.42. The van der Waals surface area contributed by atoms with Gasteiger partial charge in [0, 0.05) is 5.92 Å². The molecular formula is C20H26O2. The van der Waals surface area contributed by atoms with Gasteiger partial charge in [-0.15, -0.1) is 0 Å². The van der Waals surface area contributed by atoms with E-state index in [1.807, 2.05) is 13.0 Å². The van der Waals surface area contributed by atoms with Crippen LogP contribution >= 0.6 is 0 Å². The predicted molar refractivity (Wildman–Crippen MR) is 90.1 cm³/mol. The average molecular weight is 298 g/mol. The quantitative estimate of drug-likeness (QED) is 0.783. The van der Waals surface area contributed by atoms with E-state index in [0.717, 1.165) is 17.7 Å². The smallest absolute Gasteiger partial charge is 0.161 e. The van der Waals surface area contributed by atoms with E-state index in [9.17, 15) is 4.79 Å². The van der Waals surface area contributed by atoms with Gasteiger partial charge in [0.1, 0.15) is 5.75 Å². The lowest BCUT2D eigenvalue weighted by Crippen LogP contribution is -2.25. The summed E-state index contributed by atoms with van der Waals surface area (Å²) in [4.78, 5) is 12.4. The van der Waals surface area contributed by atoms with Crippen LogP contribution in [0.15, 0.2) is 23.8 Å². The van der Waals surface area contributed by atoms with Crippen LogP contribution < -0.4 is 4.74 Å². The maximum atomic E-state index is 12.4. The van der Waals surface area contributed by atoms with E-state index < -0.39 is 0 Å². The Morgan fingerprint density at radius 3 is 2.77 bits per heavy atom. The number of rotatable bonds is 4. The van der Waals surface area contributed by atoms with Gasteiger partial charge in [0.15, 0.2) is 5.78 Å². The molecule has 118 valence electrons. The van der Waals surface area contributed by atoms with E-state index in [4.69, 9.17) is 4.74 Å². The van der Waals surface area contributed by atoms with E-state index in [1.165, 1.54) is 36.0 Å². The third-order valence-corrected chi connectivity index (χ3v) is 5.50. The van der Waals surface area contributed by atoms with Gasteiger partial charge in [-0.25, -0.2) is 0 Å². The molecule has 1 aromatic rings. The van der Waals surface area contributed by atoms with Crippen molar-refractivity contribution in [1.82, 2.24) is 0 Å². The fourth-order valence-corrected chi connectivity index (χ4v) is 4.37. The van der Waals surface area contributed by atoms with Gasteiger partial charge in [-0.1, -0.05) is 32.8 Å². The van der Waals surface area contributed by atoms with Gasteiger partial charge >= 0.3 is 0 Å². The van der Waals surface area contributed by atoms with Gasteiger partial charge in [-0.05, 0) is 66.0 Å². The molecule has 0 amide bonds. The molecule has 0 radical (unpaired) electrons. The lowest BCUT2D eigenvalue weighted by molar-refractivity contribution is -0.119. The summed E-state index contributed by atoms with van der Waals surface area (Å²) in [5, 5.41) is 0. The molecule has 3 rings (SSSR count). The molecule has 0 heterocycles. The Labute approximate surface area is 133 Å². The molecular weight excluding hydrogens is 272 g/mol. The second-order valence-electron chi connectivity index (χ2n) is 6.85. The van der Waals surface area contributed by atoms with Gasteiger partial charge in [0.2, 0.25) is 0 Å². The summed E-state index contributed by atoms with van der Waals surface area (Å²) in [7, 11) is 1.72. The van der Waals surface area contributed by atoms with E-state index in [1.54, 1.807) is 7.11 Å². The monoisotopic (exact) mass is 298 g/mol. The summed E-state index contributed by atoms with van der Waals surface area (Å²) in [5.41, 5.74) is 5.01. The first kappa shape index (κ1) is 15.3. The van der Waals surface area contributed by atoms with Crippen molar-refractivity contribution in [2.24, 2.45) is 11.8 Å². The molecule has 1 aromatic carbocycles. The number of allylic oxidation sites excluding steroid dienone is 2. The van der Waals surface area contributed by atoms with Crippen LogP contribution in [-0.4, -0.2) is 12.9 Å². The number of Topliss-reactive ketones (excluding diaryl/α,β-unsaturated/α-hetero) is 1. The highest BCUT2D eigenvalue weighted by molar-refractivity contribution is 6.06. The number of hydrogen-bond donors (Lipinski definition) is 0. The van der Waals surface area contributed by atoms with Crippen molar-refractivity contribution < 1.29 is 9.53 Å². The Kier molecular flexibility index (Phi) is 4.12. The van der Waals surface area contributed by atoms with Gasteiger partial charge in [0.25, 0.3) is 0 Å². The van der Waals surface area contributed by atoms with Crippen molar-refractivity contribution in [3.8, 4) is 5.75 Å². The average Bonchev–Trinajstić information content (AvgIpc) is 2.83. The van der Waals surface area contributed by atoms with E-state index in [2.05, 4.69) is 26.0 Å². The predicted octanol–water partition coefficient (Wildman–Crippen LogP) is 4.98. The van der Waals surface area contributed by atoms with Gasteiger partial charge in [-0.2, -0.15) is 0 Å². The fraction of sp³-hybridized carbons (Fsp3) is 0.550. The minimum atomic E-state index is 0.161. The molecule has 0 saturated carbocycles. The standard InChI is InChI=1S/C20H26O2/c1-5-6-7-15-17-11-14(22-4)8-9-16(17)19-13(3)20(21)12(2)10-18(15)19/h8-9,11-12,15,18H,5-7,10H2,1-4H3. The van der Waals surface area contributed by atoms with E-state index >= 15 is 0 Å². The summed E-state index contributed by atoms with van der Waals surface area (Å²) >= 11 is 0. The first-order valence-corrected chi connectivity index (χ1v) is 8.51. The summed E-state index contributed by atoms with van der Waals surface area (Å²) in [6.07, 6.45) is 4.66. The van der Waals surface area contributed by atoms with Crippen molar-refractivity contribution in [2.45, 2.75) is 52.4 Å². The van der Waals surface area contributed by atoms with Crippen molar-refractivity contribution >= 4 is 11.4 Å². The van der Waals surface area contributed by atoms with E-state index in [-0.39, 0.29) is 5.92 Å². The van der Waals surface area contributed by atoms with Crippen LogP contribution in [0.5, 0.6) is 5.75 Å². The zero-order chi connectivity index (χ0) is 15.9. The Balaban J connectivity index is 2.12. The molecule has 2 aliphatic carbocycles. The number of carbonyl (C=O) groups excluding carboxylic acids is 1. The molecule has 0 saturated heterocycles. The van der Waals surface area contributed by atoms with Crippen molar-refractivity contribution in [3.63, 3.8) is 0 Å². The molecule has 0 aromatic heterocycles. The number of hydrogen-bond acceptors (Lipinski definition) is 2. The summed E-state index contributed by atoms with van der Waals surface area (Å²) in [6.45, 7) is 6.36. The maximum absolute atomic E-state index is 12.4. The van der Waals surface area contributed by atoms with Crippen LogP contribution in [-0.2, 0) is 4.79 Å². The number of ether oxygens (including phenoxy) is 1. The van der Waals surface area contributed by atoms with Gasteiger partial charge in [-0.3, -0.25) is 4.79 Å². The molecule has 0 fully saturated rings. The van der Waals surface area contributed by atoms with Crippen LogP contribution in [0.3, 0.4) is 0 Å². The van der Waals surface area contributed by atoms with Crippen molar-refractivity contribution in [1.29, 1.82) is 0 Å². The molecule has 22 heavy (non-hydrogen) atoms. The number of carbonyl (C=O) groups is 1. The molecule has 3 unspecified atom stereocenters. The molecule has 0 bridgehead atoms. The number of benzene rings is 1. The van der Waals surface area contributed by atoms with E-state index in [0.29, 0.717) is 17.6 Å². The number of methoxy groups -OCH3 is 1. The van der Waals surface area contributed by atoms with Gasteiger partial charge in [0.05, 0.1) is 7.11 Å². The summed E-state index contributed by atoms with van der Waals surface area (Å²) in [6, 6.07) is 6.39. The highest BCUT2D eigenvalue weighted by Crippen LogP contribution is 2.55. The van der Waals surface area contributed by atoms with Crippen LogP contribution in [0.2, 0.25) is 0 Å². The fourth-order valence-electron chi connectivity index (χ4n) is 4.37. The second-order valence-corrected chi connectivity index (χ2v) is 6.85. The van der Waals surface area contributed by atoms with Gasteiger partial charge < -0.3 is 4.74 Å². The summed E-state index contributed by atoms with van der Waals surface area (Å²) < 4.78 is 5.43. The third-order valence-electron chi connectivity index (χ3n) is 5.50. The largest absolute Gasteiger partial charge is 0.497 e. The Hall–Kier alpha value is -1.57. The first-order valence-electron chi connectivity index (χ1n) is 8.51. The topological polar surface area (TPSA) is 26.3 Å². The van der Waals surface area contributed by atoms with Crippen molar-refractivity contribution in [2.75, 3.05) is 7.11 Å². The number of ketones is 1. The summed E-state index contributed by atoms with van der Waals surface area (Å²) in [5.74, 6) is 2.49. The van der Waals surface area contributed by atoms with Crippen LogP contribution in [0, 0.1) is 11.8 Å². The third kappa shape index (κ3) is 2.29. The number of fused-ring (bicyclic) bond motifs is 3. The molecule has 0 aliphatic heterocycles. The second kappa shape index (κ2) is 5.91. The molecule has 0 N–H and O–H groups in total. The Bertz CT molecular complexity index is 627. The lowest BCUT2D eigenvalue weighted by Gasteiger charge is -2.29. The molecule has 2 aliphatic rings. The van der Waals surface area contributed by atoms with Crippen LogP contribution in [0.25, 0.3) is 5.57 Å². The SMILES string of the molecule is CCCCC1c2cc(OC)ccc2C2=C(C)C(=O)C(C)CC21. The van der Waals surface area contributed by atoms with Crippen LogP contribution in [0.1, 0.15) is 63.5 Å². The zero-order valence-electron chi connectivity index (χ0n) is 14.1. The zero-order valence-corrected chi connectivity index (χ0v) is 14.1. The number of unbranched alkanes of at least 4 members (excludes halogenated alkanes) is 1. The minimum Gasteiger partial charge on any atom is -0.497 e. The molecule has 0 spiro atoms. The molecule has 2 heteroatoms. The Morgan fingerprint density at radius 2 is 2.09 bits per heavy atom. The maximum Gasteiger partial charge on any atom is 0.161 e. The highest BCUT2D eigenvalue weighted by atomic mass is 16.5. The van der Waals surface area contributed by atoms with Crippen LogP contribution in [0.4, 0.5) is 0 Å². The lowest BCUT2D eigenvalue weighted by atomic mass is 9.73. The first-order chi connectivity index (χ1) is 10.6. The van der Waals surface area contributed by atoms with Crippen molar-refractivity contribution in [3.05, 3.63) is 34.9 Å². The minimum absolute atomic E-state index is 0.161. The molecule has 3 atom stereocenters.